The minimum atomic E-state index is -1.51. The molecule has 0 saturated heterocycles. The van der Waals surface area contributed by atoms with Crippen LogP contribution in [0, 0.1) is 17.5 Å². The van der Waals surface area contributed by atoms with E-state index >= 15 is 0 Å². The molecule has 1 aliphatic carbocycles. The zero-order valence-corrected chi connectivity index (χ0v) is 11.6. The van der Waals surface area contributed by atoms with Gasteiger partial charge in [-0.25, -0.2) is 13.2 Å². The molecule has 2 N–H and O–H groups in total. The second kappa shape index (κ2) is 6.14. The normalized spacial score (nSPS) is 26.8. The van der Waals surface area contributed by atoms with E-state index in [1.165, 1.54) is 0 Å². The van der Waals surface area contributed by atoms with Gasteiger partial charge in [0, 0.05) is 11.6 Å². The van der Waals surface area contributed by atoms with Gasteiger partial charge in [-0.05, 0) is 44.7 Å². The van der Waals surface area contributed by atoms with Gasteiger partial charge in [-0.1, -0.05) is 13.0 Å². The summed E-state index contributed by atoms with van der Waals surface area (Å²) in [6.07, 6.45) is 3.09. The smallest absolute Gasteiger partial charge is 0.194 e. The number of hydrogen-bond donors (Lipinski definition) is 2. The van der Waals surface area contributed by atoms with E-state index in [2.05, 4.69) is 12.2 Å². The van der Waals surface area contributed by atoms with E-state index in [0.29, 0.717) is 31.7 Å². The zero-order chi connectivity index (χ0) is 14.8. The number of halogens is 3. The third-order valence-electron chi connectivity index (χ3n) is 4.03. The standard InChI is InChI=1S/C15H20F3NO/c1-2-9-19-10-5-7-15(20,8-6-10)11-3-4-12(16)14(18)13(11)17/h3-4,10,19-20H,2,5-9H2,1H3. The van der Waals surface area contributed by atoms with Crippen LogP contribution in [0.5, 0.6) is 0 Å². The Morgan fingerprint density at radius 2 is 1.85 bits per heavy atom. The molecule has 2 nitrogen and oxygen atoms in total. The summed E-state index contributed by atoms with van der Waals surface area (Å²) in [5.74, 6) is -4.01. The molecule has 1 fully saturated rings. The molecule has 0 unspecified atom stereocenters. The van der Waals surface area contributed by atoms with Gasteiger partial charge >= 0.3 is 0 Å². The van der Waals surface area contributed by atoms with Crippen LogP contribution in [0.2, 0.25) is 0 Å². The van der Waals surface area contributed by atoms with Gasteiger partial charge in [0.05, 0.1) is 5.60 Å². The lowest BCUT2D eigenvalue weighted by Gasteiger charge is -2.37. The molecule has 0 spiro atoms. The third kappa shape index (κ3) is 2.99. The van der Waals surface area contributed by atoms with Gasteiger partial charge in [0.25, 0.3) is 0 Å². The Hall–Kier alpha value is -1.07. The fourth-order valence-corrected chi connectivity index (χ4v) is 2.80. The van der Waals surface area contributed by atoms with Crippen molar-refractivity contribution < 1.29 is 18.3 Å². The summed E-state index contributed by atoms with van der Waals surface area (Å²) < 4.78 is 40.0. The topological polar surface area (TPSA) is 32.3 Å². The number of rotatable bonds is 4. The van der Waals surface area contributed by atoms with Crippen LogP contribution < -0.4 is 5.32 Å². The van der Waals surface area contributed by atoms with Crippen LogP contribution in [0.3, 0.4) is 0 Å². The summed E-state index contributed by atoms with van der Waals surface area (Å²) in [6, 6.07) is 2.31. The van der Waals surface area contributed by atoms with Crippen LogP contribution in [0.1, 0.15) is 44.6 Å². The summed E-state index contributed by atoms with van der Waals surface area (Å²) in [5, 5.41) is 13.9. The highest BCUT2D eigenvalue weighted by molar-refractivity contribution is 5.27. The Balaban J connectivity index is 2.12. The Morgan fingerprint density at radius 3 is 2.45 bits per heavy atom. The van der Waals surface area contributed by atoms with Gasteiger partial charge in [-0.15, -0.1) is 0 Å². The van der Waals surface area contributed by atoms with Crippen LogP contribution in [0.4, 0.5) is 13.2 Å². The highest BCUT2D eigenvalue weighted by Crippen LogP contribution is 2.39. The van der Waals surface area contributed by atoms with Crippen molar-refractivity contribution in [1.29, 1.82) is 0 Å². The molecule has 0 heterocycles. The molecule has 2 rings (SSSR count). The molecule has 0 atom stereocenters. The molecule has 20 heavy (non-hydrogen) atoms. The van der Waals surface area contributed by atoms with Crippen molar-refractivity contribution >= 4 is 0 Å². The second-order valence-electron chi connectivity index (χ2n) is 5.48. The Labute approximate surface area is 117 Å². The maximum Gasteiger partial charge on any atom is 0.194 e. The fraction of sp³-hybridized carbons (Fsp3) is 0.600. The van der Waals surface area contributed by atoms with Gasteiger partial charge in [-0.2, -0.15) is 0 Å². The lowest BCUT2D eigenvalue weighted by molar-refractivity contribution is -0.0119. The van der Waals surface area contributed by atoms with E-state index in [1.54, 1.807) is 0 Å². The lowest BCUT2D eigenvalue weighted by Crippen LogP contribution is -2.40. The first-order valence-corrected chi connectivity index (χ1v) is 7.07. The van der Waals surface area contributed by atoms with E-state index in [1.807, 2.05) is 0 Å². The average molecular weight is 287 g/mol. The summed E-state index contributed by atoms with van der Waals surface area (Å²) >= 11 is 0. The molecule has 1 aromatic carbocycles. The minimum absolute atomic E-state index is 0.134. The lowest BCUT2D eigenvalue weighted by atomic mass is 9.77. The molecule has 0 aromatic heterocycles. The Kier molecular flexibility index (Phi) is 4.70. The van der Waals surface area contributed by atoms with Gasteiger partial charge < -0.3 is 10.4 Å². The summed E-state index contributed by atoms with van der Waals surface area (Å²) in [5.41, 5.74) is -1.53. The largest absolute Gasteiger partial charge is 0.385 e. The summed E-state index contributed by atoms with van der Waals surface area (Å²) in [6.45, 7) is 2.98. The van der Waals surface area contributed by atoms with Crippen LogP contribution in [0.15, 0.2) is 12.1 Å². The van der Waals surface area contributed by atoms with E-state index in [0.717, 1.165) is 25.1 Å². The maximum atomic E-state index is 13.8. The number of aliphatic hydroxyl groups is 1. The predicted octanol–water partition coefficient (Wildman–Crippen LogP) is 3.23. The van der Waals surface area contributed by atoms with Crippen LogP contribution in [-0.4, -0.2) is 17.7 Å². The minimum Gasteiger partial charge on any atom is -0.385 e. The first kappa shape index (κ1) is 15.3. The van der Waals surface area contributed by atoms with Crippen molar-refractivity contribution in [2.75, 3.05) is 6.54 Å². The Morgan fingerprint density at radius 1 is 1.20 bits per heavy atom. The van der Waals surface area contributed by atoms with Crippen molar-refractivity contribution in [1.82, 2.24) is 5.32 Å². The molecule has 0 radical (unpaired) electrons. The molecule has 1 aliphatic rings. The molecule has 5 heteroatoms. The number of nitrogens with one attached hydrogen (secondary N) is 1. The van der Waals surface area contributed by atoms with E-state index < -0.39 is 23.1 Å². The molecular weight excluding hydrogens is 267 g/mol. The molecule has 112 valence electrons. The molecular formula is C15H20F3NO. The fourth-order valence-electron chi connectivity index (χ4n) is 2.80. The summed E-state index contributed by atoms with van der Waals surface area (Å²) in [4.78, 5) is 0. The number of hydrogen-bond acceptors (Lipinski definition) is 2. The average Bonchev–Trinajstić information content (AvgIpc) is 2.44. The van der Waals surface area contributed by atoms with E-state index in [4.69, 9.17) is 0 Å². The molecule has 0 amide bonds. The SMILES string of the molecule is CCCNC1CCC(O)(c2ccc(F)c(F)c2F)CC1. The zero-order valence-electron chi connectivity index (χ0n) is 11.6. The quantitative estimate of drug-likeness (QED) is 0.833. The second-order valence-corrected chi connectivity index (χ2v) is 5.48. The van der Waals surface area contributed by atoms with Crippen molar-refractivity contribution in [3.63, 3.8) is 0 Å². The monoisotopic (exact) mass is 287 g/mol. The number of benzene rings is 1. The Bertz CT molecular complexity index is 470. The van der Waals surface area contributed by atoms with Crippen LogP contribution in [0.25, 0.3) is 0 Å². The molecule has 1 aromatic rings. The van der Waals surface area contributed by atoms with Gasteiger partial charge in [0.1, 0.15) is 0 Å². The highest BCUT2D eigenvalue weighted by Gasteiger charge is 2.37. The van der Waals surface area contributed by atoms with Crippen molar-refractivity contribution in [2.45, 2.75) is 50.7 Å². The highest BCUT2D eigenvalue weighted by atomic mass is 19.2. The van der Waals surface area contributed by atoms with Crippen molar-refractivity contribution in [3.8, 4) is 0 Å². The van der Waals surface area contributed by atoms with Crippen molar-refractivity contribution in [3.05, 3.63) is 35.1 Å². The van der Waals surface area contributed by atoms with Gasteiger partial charge in [0.2, 0.25) is 0 Å². The first-order valence-electron chi connectivity index (χ1n) is 7.07. The van der Waals surface area contributed by atoms with Gasteiger partial charge in [-0.3, -0.25) is 0 Å². The first-order chi connectivity index (χ1) is 9.48. The summed E-state index contributed by atoms with van der Waals surface area (Å²) in [7, 11) is 0. The van der Waals surface area contributed by atoms with Crippen LogP contribution >= 0.6 is 0 Å². The molecule has 0 bridgehead atoms. The van der Waals surface area contributed by atoms with Crippen molar-refractivity contribution in [2.24, 2.45) is 0 Å². The third-order valence-corrected chi connectivity index (χ3v) is 4.03. The van der Waals surface area contributed by atoms with E-state index in [-0.39, 0.29) is 5.56 Å². The van der Waals surface area contributed by atoms with Crippen LogP contribution in [-0.2, 0) is 5.60 Å². The molecule has 0 aliphatic heterocycles. The molecule has 1 saturated carbocycles. The predicted molar refractivity (Wildman–Crippen MR) is 70.8 cm³/mol. The van der Waals surface area contributed by atoms with Gasteiger partial charge in [0.15, 0.2) is 17.5 Å². The van der Waals surface area contributed by atoms with E-state index in [9.17, 15) is 18.3 Å². The maximum absolute atomic E-state index is 13.8.